The van der Waals surface area contributed by atoms with Gasteiger partial charge in [0.05, 0.1) is 4.92 Å². The maximum absolute atomic E-state index is 13.3. The number of nitro benzene ring substituents is 1. The summed E-state index contributed by atoms with van der Waals surface area (Å²) in [4.78, 5) is 34.6. The van der Waals surface area contributed by atoms with E-state index in [1.807, 2.05) is 31.2 Å². The third kappa shape index (κ3) is 4.82. The second-order valence-corrected chi connectivity index (χ2v) is 6.99. The Bertz CT molecular complexity index is 1080. The SMILES string of the molecule is Cc1ccc(-c2ccsc2C(=O)OCC(=O)Nc2ccc(F)c([N+](=O)[O-])c2)cc1. The number of nitrogens with zero attached hydrogens (tertiary/aromatic N) is 1. The van der Waals surface area contributed by atoms with Gasteiger partial charge in [-0.2, -0.15) is 4.39 Å². The highest BCUT2D eigenvalue weighted by atomic mass is 32.1. The number of hydrogen-bond acceptors (Lipinski definition) is 6. The lowest BCUT2D eigenvalue weighted by molar-refractivity contribution is -0.387. The first-order chi connectivity index (χ1) is 13.8. The summed E-state index contributed by atoms with van der Waals surface area (Å²) in [6.07, 6.45) is 0. The van der Waals surface area contributed by atoms with Crippen molar-refractivity contribution in [1.29, 1.82) is 0 Å². The number of nitrogens with one attached hydrogen (secondary N) is 1. The van der Waals surface area contributed by atoms with Gasteiger partial charge in [0.1, 0.15) is 4.88 Å². The van der Waals surface area contributed by atoms with E-state index in [2.05, 4.69) is 5.32 Å². The number of anilines is 1. The van der Waals surface area contributed by atoms with Gasteiger partial charge in [0.15, 0.2) is 6.61 Å². The number of ether oxygens (including phenoxy) is 1. The van der Waals surface area contributed by atoms with E-state index in [0.29, 0.717) is 10.4 Å². The molecule has 3 rings (SSSR count). The number of amides is 1. The molecule has 1 amide bonds. The minimum Gasteiger partial charge on any atom is -0.451 e. The molecule has 0 aliphatic carbocycles. The molecule has 0 aliphatic heterocycles. The van der Waals surface area contributed by atoms with Crippen LogP contribution in [0.3, 0.4) is 0 Å². The average molecular weight is 414 g/mol. The lowest BCUT2D eigenvalue weighted by Gasteiger charge is -2.08. The van der Waals surface area contributed by atoms with E-state index in [-0.39, 0.29) is 5.69 Å². The molecule has 3 aromatic rings. The zero-order valence-electron chi connectivity index (χ0n) is 15.2. The summed E-state index contributed by atoms with van der Waals surface area (Å²) in [5, 5.41) is 14.8. The van der Waals surface area contributed by atoms with Gasteiger partial charge in [-0.05, 0) is 36.1 Å². The van der Waals surface area contributed by atoms with Crippen LogP contribution in [0, 0.1) is 22.9 Å². The minimum absolute atomic E-state index is 0.0237. The number of carbonyl (C=O) groups excluding carboxylic acids is 2. The number of thiophene rings is 1. The van der Waals surface area contributed by atoms with E-state index in [0.717, 1.165) is 23.3 Å². The molecule has 0 saturated heterocycles. The summed E-state index contributed by atoms with van der Waals surface area (Å²) in [6.45, 7) is 1.37. The Balaban J connectivity index is 1.64. The van der Waals surface area contributed by atoms with Gasteiger partial charge in [0.2, 0.25) is 5.82 Å². The summed E-state index contributed by atoms with van der Waals surface area (Å²) in [5.74, 6) is -2.37. The van der Waals surface area contributed by atoms with Gasteiger partial charge in [0.25, 0.3) is 5.91 Å². The number of nitro groups is 1. The number of hydrogen-bond donors (Lipinski definition) is 1. The molecule has 1 heterocycles. The van der Waals surface area contributed by atoms with Crippen molar-refractivity contribution < 1.29 is 23.6 Å². The van der Waals surface area contributed by atoms with E-state index in [1.165, 1.54) is 17.4 Å². The van der Waals surface area contributed by atoms with E-state index < -0.39 is 34.9 Å². The van der Waals surface area contributed by atoms with Crippen LogP contribution in [0.5, 0.6) is 0 Å². The van der Waals surface area contributed by atoms with Crippen LogP contribution < -0.4 is 5.32 Å². The van der Waals surface area contributed by atoms with Gasteiger partial charge in [-0.25, -0.2) is 4.79 Å². The minimum atomic E-state index is -1.01. The Morgan fingerprint density at radius 1 is 1.17 bits per heavy atom. The van der Waals surface area contributed by atoms with Crippen molar-refractivity contribution in [1.82, 2.24) is 0 Å². The zero-order valence-corrected chi connectivity index (χ0v) is 16.0. The number of aryl methyl sites for hydroxylation is 1. The predicted octanol–water partition coefficient (Wildman–Crippen LogP) is 4.57. The van der Waals surface area contributed by atoms with Crippen molar-refractivity contribution in [2.45, 2.75) is 6.92 Å². The molecule has 2 aromatic carbocycles. The Labute approximate surface area is 168 Å². The van der Waals surface area contributed by atoms with E-state index >= 15 is 0 Å². The molecule has 0 radical (unpaired) electrons. The molecule has 0 spiro atoms. The largest absolute Gasteiger partial charge is 0.451 e. The van der Waals surface area contributed by atoms with Crippen LogP contribution in [-0.4, -0.2) is 23.4 Å². The standard InChI is InChI=1S/C20H15FN2O5S/c1-12-2-4-13(5-3-12)15-8-9-29-19(15)20(25)28-11-18(24)22-14-6-7-16(21)17(10-14)23(26)27/h2-10H,11H2,1H3,(H,22,24). The van der Waals surface area contributed by atoms with Gasteiger partial charge in [0, 0.05) is 17.3 Å². The third-order valence-electron chi connectivity index (χ3n) is 3.97. The van der Waals surface area contributed by atoms with Crippen LogP contribution in [-0.2, 0) is 9.53 Å². The van der Waals surface area contributed by atoms with Crippen molar-refractivity contribution in [3.05, 3.63) is 80.3 Å². The van der Waals surface area contributed by atoms with Gasteiger partial charge >= 0.3 is 11.7 Å². The van der Waals surface area contributed by atoms with Crippen LogP contribution in [0.25, 0.3) is 11.1 Å². The molecule has 0 atom stereocenters. The first-order valence-electron chi connectivity index (χ1n) is 8.40. The number of benzene rings is 2. The fourth-order valence-electron chi connectivity index (χ4n) is 2.55. The summed E-state index contributed by atoms with van der Waals surface area (Å²) in [5.41, 5.74) is 1.91. The highest BCUT2D eigenvalue weighted by Crippen LogP contribution is 2.29. The molecule has 1 aromatic heterocycles. The maximum Gasteiger partial charge on any atom is 0.349 e. The molecule has 29 heavy (non-hydrogen) atoms. The van der Waals surface area contributed by atoms with Crippen molar-refractivity contribution in [3.8, 4) is 11.1 Å². The number of halogens is 1. The van der Waals surface area contributed by atoms with Crippen molar-refractivity contribution >= 4 is 34.6 Å². The van der Waals surface area contributed by atoms with Crippen LogP contribution in [0.2, 0.25) is 0 Å². The van der Waals surface area contributed by atoms with Gasteiger partial charge in [-0.1, -0.05) is 29.8 Å². The Hall–Kier alpha value is -3.59. The maximum atomic E-state index is 13.3. The number of carbonyl (C=O) groups is 2. The second kappa shape index (κ2) is 8.61. The van der Waals surface area contributed by atoms with Crippen molar-refractivity contribution in [2.75, 3.05) is 11.9 Å². The lowest BCUT2D eigenvalue weighted by Crippen LogP contribution is -2.20. The van der Waals surface area contributed by atoms with Crippen LogP contribution in [0.15, 0.2) is 53.9 Å². The Morgan fingerprint density at radius 3 is 2.59 bits per heavy atom. The quantitative estimate of drug-likeness (QED) is 0.362. The number of rotatable bonds is 6. The molecule has 148 valence electrons. The monoisotopic (exact) mass is 414 g/mol. The molecule has 0 unspecified atom stereocenters. The Morgan fingerprint density at radius 2 is 1.90 bits per heavy atom. The second-order valence-electron chi connectivity index (χ2n) is 6.08. The summed E-state index contributed by atoms with van der Waals surface area (Å²) in [7, 11) is 0. The highest BCUT2D eigenvalue weighted by Gasteiger charge is 2.19. The molecule has 7 nitrogen and oxygen atoms in total. The fraction of sp³-hybridized carbons (Fsp3) is 0.100. The topological polar surface area (TPSA) is 98.5 Å². The van der Waals surface area contributed by atoms with Gasteiger partial charge in [-0.3, -0.25) is 14.9 Å². The molecule has 9 heteroatoms. The molecular weight excluding hydrogens is 399 g/mol. The molecule has 0 fully saturated rings. The predicted molar refractivity (Wildman–Crippen MR) is 106 cm³/mol. The van der Waals surface area contributed by atoms with Crippen molar-refractivity contribution in [2.24, 2.45) is 0 Å². The normalized spacial score (nSPS) is 10.4. The van der Waals surface area contributed by atoms with Crippen molar-refractivity contribution in [3.63, 3.8) is 0 Å². The highest BCUT2D eigenvalue weighted by molar-refractivity contribution is 7.12. The van der Waals surface area contributed by atoms with E-state index in [1.54, 1.807) is 11.4 Å². The van der Waals surface area contributed by atoms with Gasteiger partial charge < -0.3 is 10.1 Å². The van der Waals surface area contributed by atoms with E-state index in [4.69, 9.17) is 4.74 Å². The Kier molecular flexibility index (Phi) is 5.99. The van der Waals surface area contributed by atoms with Gasteiger partial charge in [-0.15, -0.1) is 11.3 Å². The molecule has 0 bridgehead atoms. The lowest BCUT2D eigenvalue weighted by atomic mass is 10.1. The average Bonchev–Trinajstić information content (AvgIpc) is 3.18. The first-order valence-corrected chi connectivity index (χ1v) is 9.28. The number of esters is 1. The molecule has 0 aliphatic rings. The molecule has 1 N–H and O–H groups in total. The van der Waals surface area contributed by atoms with Crippen LogP contribution in [0.1, 0.15) is 15.2 Å². The van der Waals surface area contributed by atoms with E-state index in [9.17, 15) is 24.1 Å². The smallest absolute Gasteiger partial charge is 0.349 e. The van der Waals surface area contributed by atoms with Crippen LogP contribution in [0.4, 0.5) is 15.8 Å². The fourth-order valence-corrected chi connectivity index (χ4v) is 3.36. The molecular formula is C20H15FN2O5S. The van der Waals surface area contributed by atoms with Crippen LogP contribution >= 0.6 is 11.3 Å². The summed E-state index contributed by atoms with van der Waals surface area (Å²) in [6, 6.07) is 12.4. The molecule has 0 saturated carbocycles. The third-order valence-corrected chi connectivity index (χ3v) is 4.87. The summed E-state index contributed by atoms with van der Waals surface area (Å²) >= 11 is 1.20. The zero-order chi connectivity index (χ0) is 21.0. The first kappa shape index (κ1) is 20.2. The summed E-state index contributed by atoms with van der Waals surface area (Å²) < 4.78 is 18.4.